The number of aromatic nitrogens is 1. The first kappa shape index (κ1) is 20.3. The number of piperazine rings is 1. The van der Waals surface area contributed by atoms with E-state index in [1.807, 2.05) is 0 Å². The molecule has 2 heterocycles. The summed E-state index contributed by atoms with van der Waals surface area (Å²) in [6, 6.07) is -0.0125. The van der Waals surface area contributed by atoms with Gasteiger partial charge in [-0.3, -0.25) is 4.79 Å². The van der Waals surface area contributed by atoms with Crippen LogP contribution in [0.4, 0.5) is 20.2 Å². The van der Waals surface area contributed by atoms with Gasteiger partial charge in [-0.05, 0) is 26.7 Å². The fourth-order valence-electron chi connectivity index (χ4n) is 4.43. The Morgan fingerprint density at radius 1 is 1.14 bits per heavy atom. The highest BCUT2D eigenvalue weighted by molar-refractivity contribution is 7.49. The number of anilines is 2. The van der Waals surface area contributed by atoms with Crippen LogP contribution in [0.5, 0.6) is 0 Å². The largest absolute Gasteiger partial charge is 0.403 e. The van der Waals surface area contributed by atoms with Crippen LogP contribution in [0.15, 0.2) is 17.1 Å². The van der Waals surface area contributed by atoms with Crippen LogP contribution < -0.4 is 16.1 Å². The number of rotatable bonds is 3. The third-order valence-corrected chi connectivity index (χ3v) is 7.08. The summed E-state index contributed by atoms with van der Waals surface area (Å²) in [5.41, 5.74) is 4.59. The molecule has 158 valence electrons. The van der Waals surface area contributed by atoms with E-state index in [1.54, 1.807) is 18.4 Å². The topological polar surface area (TPSA) is 112 Å². The molecule has 0 bridgehead atoms. The molecule has 11 heteroatoms. The maximum absolute atomic E-state index is 15.6. The van der Waals surface area contributed by atoms with Crippen molar-refractivity contribution >= 4 is 30.0 Å². The van der Waals surface area contributed by atoms with Gasteiger partial charge in [0.15, 0.2) is 17.1 Å². The van der Waals surface area contributed by atoms with Crippen molar-refractivity contribution in [2.45, 2.75) is 44.8 Å². The van der Waals surface area contributed by atoms with Crippen LogP contribution in [0.2, 0.25) is 0 Å². The van der Waals surface area contributed by atoms with Crippen LogP contribution in [0, 0.1) is 11.6 Å². The molecule has 1 saturated carbocycles. The number of fused-ring (bicyclic) bond motifs is 1. The molecule has 1 aromatic carbocycles. The summed E-state index contributed by atoms with van der Waals surface area (Å²) in [7, 11) is -4.51. The number of hydrogen-bond donors (Lipinski definition) is 3. The molecule has 0 amide bonds. The molecule has 29 heavy (non-hydrogen) atoms. The number of nitrogen functional groups attached to an aromatic ring is 1. The summed E-state index contributed by atoms with van der Waals surface area (Å²) in [5, 5.41) is -0.173. The fourth-order valence-corrected chi connectivity index (χ4v) is 5.60. The first-order valence-corrected chi connectivity index (χ1v) is 11.0. The summed E-state index contributed by atoms with van der Waals surface area (Å²) in [4.78, 5) is 32.9. The van der Waals surface area contributed by atoms with Gasteiger partial charge < -0.3 is 25.0 Å². The zero-order valence-corrected chi connectivity index (χ0v) is 16.9. The van der Waals surface area contributed by atoms with Gasteiger partial charge in [0, 0.05) is 43.5 Å². The molecule has 0 radical (unpaired) electrons. The SMILES string of the molecule is CC1CN(c2c(F)c(N)c3c(=O)ccn(C4CC4)c3c2F)CC(C)N1P(=O)(O)O. The van der Waals surface area contributed by atoms with Crippen molar-refractivity contribution in [3.63, 3.8) is 0 Å². The zero-order chi connectivity index (χ0) is 21.2. The highest BCUT2D eigenvalue weighted by Gasteiger charge is 2.41. The quantitative estimate of drug-likeness (QED) is 0.508. The van der Waals surface area contributed by atoms with E-state index in [-0.39, 0.29) is 35.7 Å². The summed E-state index contributed by atoms with van der Waals surface area (Å²) in [6.07, 6.45) is 3.17. The molecule has 1 aliphatic heterocycles. The predicted octanol–water partition coefficient (Wildman–Crippen LogP) is 2.19. The van der Waals surface area contributed by atoms with Crippen molar-refractivity contribution in [3.05, 3.63) is 34.1 Å². The summed E-state index contributed by atoms with van der Waals surface area (Å²) in [6.45, 7) is 3.16. The van der Waals surface area contributed by atoms with Crippen LogP contribution in [0.1, 0.15) is 32.7 Å². The molecule has 2 aromatic rings. The Morgan fingerprint density at radius 2 is 1.72 bits per heavy atom. The second-order valence-corrected chi connectivity index (χ2v) is 9.42. The molecule has 2 aliphatic rings. The molecule has 4 rings (SSSR count). The summed E-state index contributed by atoms with van der Waals surface area (Å²) in [5.74, 6) is -1.90. The first-order valence-electron chi connectivity index (χ1n) is 9.43. The second kappa shape index (κ2) is 6.77. The predicted molar refractivity (Wildman–Crippen MR) is 106 cm³/mol. The Balaban J connectivity index is 1.88. The van der Waals surface area contributed by atoms with Gasteiger partial charge in [0.1, 0.15) is 5.69 Å². The Hall–Kier alpha value is -2.00. The minimum absolute atomic E-state index is 0.00523. The molecule has 0 spiro atoms. The minimum atomic E-state index is -4.51. The molecule has 2 atom stereocenters. The van der Waals surface area contributed by atoms with Gasteiger partial charge >= 0.3 is 7.75 Å². The van der Waals surface area contributed by atoms with Gasteiger partial charge in [-0.15, -0.1) is 0 Å². The van der Waals surface area contributed by atoms with Crippen molar-refractivity contribution in [1.29, 1.82) is 0 Å². The normalized spacial score (nSPS) is 23.7. The van der Waals surface area contributed by atoms with Crippen molar-refractivity contribution in [2.75, 3.05) is 23.7 Å². The molecule has 1 aromatic heterocycles. The third-order valence-electron chi connectivity index (χ3n) is 5.69. The van der Waals surface area contributed by atoms with E-state index in [1.165, 1.54) is 17.2 Å². The molecular weight excluding hydrogens is 405 g/mol. The summed E-state index contributed by atoms with van der Waals surface area (Å²) >= 11 is 0. The zero-order valence-electron chi connectivity index (χ0n) is 16.0. The van der Waals surface area contributed by atoms with Crippen LogP contribution in [-0.4, -0.2) is 44.2 Å². The molecule has 8 nitrogen and oxygen atoms in total. The highest BCUT2D eigenvalue weighted by atomic mass is 31.2. The van der Waals surface area contributed by atoms with E-state index in [4.69, 9.17) is 5.73 Å². The standard InChI is InChI=1S/C18H23F2N4O4P/c1-9-7-22(8-10(2)24(9)29(26,27)28)18-14(19)16(21)13-12(25)5-6-23(11-3-4-11)17(13)15(18)20/h5-6,9-11H,3-4,7-8,21H2,1-2H3,(H2,26,27,28). The van der Waals surface area contributed by atoms with Gasteiger partial charge in [0.05, 0.1) is 16.6 Å². The lowest BCUT2D eigenvalue weighted by molar-refractivity contribution is 0.176. The van der Waals surface area contributed by atoms with Gasteiger partial charge in [0.25, 0.3) is 0 Å². The van der Waals surface area contributed by atoms with Crippen LogP contribution in [0.3, 0.4) is 0 Å². The molecule has 4 N–H and O–H groups in total. The number of halogens is 2. The van der Waals surface area contributed by atoms with Crippen molar-refractivity contribution in [2.24, 2.45) is 0 Å². The number of nitrogens with zero attached hydrogens (tertiary/aromatic N) is 3. The van der Waals surface area contributed by atoms with Crippen molar-refractivity contribution in [1.82, 2.24) is 9.24 Å². The number of benzene rings is 1. The Kier molecular flexibility index (Phi) is 4.73. The maximum Gasteiger partial charge on any atom is 0.403 e. The van der Waals surface area contributed by atoms with E-state index < -0.39 is 42.6 Å². The van der Waals surface area contributed by atoms with E-state index in [9.17, 15) is 19.1 Å². The second-order valence-electron chi connectivity index (χ2n) is 7.93. The molecule has 2 unspecified atom stereocenters. The van der Waals surface area contributed by atoms with E-state index in [2.05, 4.69) is 0 Å². The first-order chi connectivity index (χ1) is 13.5. The number of pyridine rings is 1. The monoisotopic (exact) mass is 428 g/mol. The molecule has 1 saturated heterocycles. The van der Waals surface area contributed by atoms with Crippen molar-refractivity contribution in [3.8, 4) is 0 Å². The molecule has 2 fully saturated rings. The average molecular weight is 428 g/mol. The lowest BCUT2D eigenvalue weighted by Crippen LogP contribution is -2.55. The lowest BCUT2D eigenvalue weighted by atomic mass is 10.1. The average Bonchev–Trinajstić information content (AvgIpc) is 3.43. The Labute approximate surface area is 165 Å². The number of hydrogen-bond acceptors (Lipinski definition) is 4. The van der Waals surface area contributed by atoms with Crippen LogP contribution >= 0.6 is 7.75 Å². The lowest BCUT2D eigenvalue weighted by Gasteiger charge is -2.45. The van der Waals surface area contributed by atoms with Crippen LogP contribution in [-0.2, 0) is 4.57 Å². The van der Waals surface area contributed by atoms with Crippen LogP contribution in [0.25, 0.3) is 10.9 Å². The minimum Gasteiger partial charge on any atom is -0.396 e. The van der Waals surface area contributed by atoms with Gasteiger partial charge in [-0.1, -0.05) is 0 Å². The van der Waals surface area contributed by atoms with Crippen molar-refractivity contribution < 1.29 is 23.1 Å². The Bertz CT molecular complexity index is 1090. The Morgan fingerprint density at radius 3 is 2.24 bits per heavy atom. The van der Waals surface area contributed by atoms with Gasteiger partial charge in [-0.2, -0.15) is 4.67 Å². The molecule has 1 aliphatic carbocycles. The van der Waals surface area contributed by atoms with Gasteiger partial charge in [-0.25, -0.2) is 13.3 Å². The highest BCUT2D eigenvalue weighted by Crippen LogP contribution is 2.47. The van der Waals surface area contributed by atoms with E-state index in [0.717, 1.165) is 17.5 Å². The van der Waals surface area contributed by atoms with Gasteiger partial charge in [0.2, 0.25) is 0 Å². The third kappa shape index (κ3) is 3.24. The molecular formula is C18H23F2N4O4P. The smallest absolute Gasteiger partial charge is 0.396 e. The van der Waals surface area contributed by atoms with E-state index in [0.29, 0.717) is 0 Å². The maximum atomic E-state index is 15.6. The summed E-state index contributed by atoms with van der Waals surface area (Å²) < 4.78 is 45.3. The fraction of sp³-hybridized carbons (Fsp3) is 0.500. The van der Waals surface area contributed by atoms with E-state index >= 15 is 8.78 Å². The number of nitrogens with two attached hydrogens (primary N) is 1.